The molecule has 0 spiro atoms. The molecule has 0 radical (unpaired) electrons. The topological polar surface area (TPSA) is 103 Å². The molecular formula is C8H10N2O4. The van der Waals surface area contributed by atoms with Crippen LogP contribution >= 0.6 is 0 Å². The summed E-state index contributed by atoms with van der Waals surface area (Å²) in [6, 6.07) is 3.19. The van der Waals surface area contributed by atoms with Crippen molar-refractivity contribution in [1.29, 1.82) is 0 Å². The zero-order valence-corrected chi connectivity index (χ0v) is 7.51. The Balaban J connectivity index is 0.000000500. The van der Waals surface area contributed by atoms with E-state index < -0.39 is 5.91 Å². The number of amides is 1. The van der Waals surface area contributed by atoms with Gasteiger partial charge in [0.25, 0.3) is 12.4 Å². The number of rotatable bonds is 2. The van der Waals surface area contributed by atoms with E-state index >= 15 is 0 Å². The van der Waals surface area contributed by atoms with Crippen LogP contribution < -0.4 is 10.5 Å². The van der Waals surface area contributed by atoms with Crippen LogP contribution in [0.2, 0.25) is 0 Å². The molecule has 14 heavy (non-hydrogen) atoms. The molecule has 3 N–H and O–H groups in total. The molecule has 0 atom stereocenters. The minimum Gasteiger partial charge on any atom is -0.483 e. The third-order valence-corrected chi connectivity index (χ3v) is 1.23. The number of nitrogens with zero attached hydrogens (tertiary/aromatic N) is 1. The van der Waals surface area contributed by atoms with E-state index in [2.05, 4.69) is 4.98 Å². The highest BCUT2D eigenvalue weighted by Crippen LogP contribution is 2.11. The van der Waals surface area contributed by atoms with Gasteiger partial charge in [0.15, 0.2) is 0 Å². The number of ether oxygens (including phenoxy) is 1. The summed E-state index contributed by atoms with van der Waals surface area (Å²) >= 11 is 0. The van der Waals surface area contributed by atoms with Gasteiger partial charge in [0.1, 0.15) is 5.56 Å². The summed E-state index contributed by atoms with van der Waals surface area (Å²) in [5, 5.41) is 6.89. The Morgan fingerprint density at radius 1 is 1.71 bits per heavy atom. The highest BCUT2D eigenvalue weighted by atomic mass is 16.5. The van der Waals surface area contributed by atoms with Crippen LogP contribution in [0.4, 0.5) is 0 Å². The standard InChI is InChI=1S/C7H8N2O2.CH2O2/c1-11-7-5(6(8)10)3-2-4-9-7;2-1-3/h2-4H,1H3,(H2,8,10);1H,(H,2,3). The van der Waals surface area contributed by atoms with Crippen LogP contribution in [0.5, 0.6) is 5.88 Å². The van der Waals surface area contributed by atoms with E-state index in [4.69, 9.17) is 20.4 Å². The monoisotopic (exact) mass is 198 g/mol. The van der Waals surface area contributed by atoms with Gasteiger partial charge >= 0.3 is 0 Å². The lowest BCUT2D eigenvalue weighted by atomic mass is 10.2. The molecule has 0 saturated heterocycles. The molecule has 0 fully saturated rings. The van der Waals surface area contributed by atoms with E-state index in [1.807, 2.05) is 0 Å². The molecule has 0 saturated carbocycles. The Morgan fingerprint density at radius 2 is 2.29 bits per heavy atom. The van der Waals surface area contributed by atoms with E-state index in [0.717, 1.165) is 0 Å². The number of methoxy groups -OCH3 is 1. The van der Waals surface area contributed by atoms with Crippen LogP contribution in [-0.2, 0) is 4.79 Å². The first-order valence-electron chi connectivity index (χ1n) is 3.54. The first-order chi connectivity index (χ1) is 6.67. The highest BCUT2D eigenvalue weighted by molar-refractivity contribution is 5.94. The largest absolute Gasteiger partial charge is 0.483 e. The molecule has 1 heterocycles. The first-order valence-corrected chi connectivity index (χ1v) is 3.54. The van der Waals surface area contributed by atoms with Crippen molar-refractivity contribution in [1.82, 2.24) is 4.98 Å². The fourth-order valence-corrected chi connectivity index (χ4v) is 0.741. The molecule has 0 bridgehead atoms. The number of nitrogens with two attached hydrogens (primary N) is 1. The van der Waals surface area contributed by atoms with Gasteiger partial charge in [-0.05, 0) is 12.1 Å². The van der Waals surface area contributed by atoms with Crippen LogP contribution in [0.1, 0.15) is 10.4 Å². The van der Waals surface area contributed by atoms with Gasteiger partial charge in [-0.3, -0.25) is 9.59 Å². The number of hydrogen-bond donors (Lipinski definition) is 2. The maximum Gasteiger partial charge on any atom is 0.290 e. The van der Waals surface area contributed by atoms with Gasteiger partial charge in [0.05, 0.1) is 7.11 Å². The Kier molecular flexibility index (Phi) is 5.44. The Labute approximate surface area is 80.3 Å². The summed E-state index contributed by atoms with van der Waals surface area (Å²) < 4.78 is 4.79. The summed E-state index contributed by atoms with van der Waals surface area (Å²) in [4.78, 5) is 22.8. The average molecular weight is 198 g/mol. The molecule has 0 aliphatic carbocycles. The van der Waals surface area contributed by atoms with Crippen molar-refractivity contribution in [2.75, 3.05) is 7.11 Å². The summed E-state index contributed by atoms with van der Waals surface area (Å²) in [7, 11) is 1.44. The zero-order valence-electron chi connectivity index (χ0n) is 7.51. The molecule has 0 aromatic carbocycles. The second-order valence-electron chi connectivity index (χ2n) is 2.03. The van der Waals surface area contributed by atoms with Crippen LogP contribution in [0.3, 0.4) is 0 Å². The van der Waals surface area contributed by atoms with Crippen LogP contribution in [0, 0.1) is 0 Å². The number of pyridine rings is 1. The van der Waals surface area contributed by atoms with Crippen molar-refractivity contribution in [3.05, 3.63) is 23.9 Å². The lowest BCUT2D eigenvalue weighted by molar-refractivity contribution is -0.122. The Hall–Kier alpha value is -2.11. The number of carboxylic acid groups (broad SMARTS) is 1. The lowest BCUT2D eigenvalue weighted by Crippen LogP contribution is -2.12. The van der Waals surface area contributed by atoms with Gasteiger partial charge < -0.3 is 15.6 Å². The van der Waals surface area contributed by atoms with Gasteiger partial charge in [-0.1, -0.05) is 0 Å². The molecule has 0 unspecified atom stereocenters. The molecular weight excluding hydrogens is 188 g/mol. The molecule has 1 aromatic heterocycles. The predicted octanol–water partition coefficient (Wildman–Crippen LogP) is -0.110. The molecule has 1 amide bonds. The maximum atomic E-state index is 10.7. The normalized spacial score (nSPS) is 8.07. The molecule has 6 nitrogen and oxygen atoms in total. The van der Waals surface area contributed by atoms with Crippen molar-refractivity contribution in [2.24, 2.45) is 5.73 Å². The third-order valence-electron chi connectivity index (χ3n) is 1.23. The second kappa shape index (κ2) is 6.41. The van der Waals surface area contributed by atoms with Gasteiger partial charge in [-0.15, -0.1) is 0 Å². The van der Waals surface area contributed by atoms with Gasteiger partial charge in [0, 0.05) is 6.20 Å². The third kappa shape index (κ3) is 3.53. The van der Waals surface area contributed by atoms with Crippen molar-refractivity contribution >= 4 is 12.4 Å². The van der Waals surface area contributed by atoms with E-state index in [-0.39, 0.29) is 12.4 Å². The molecule has 76 valence electrons. The summed E-state index contributed by atoms with van der Waals surface area (Å²) in [5.41, 5.74) is 5.33. The van der Waals surface area contributed by atoms with Crippen molar-refractivity contribution in [3.8, 4) is 5.88 Å². The van der Waals surface area contributed by atoms with Crippen molar-refractivity contribution in [3.63, 3.8) is 0 Å². The van der Waals surface area contributed by atoms with Crippen molar-refractivity contribution in [2.45, 2.75) is 0 Å². The predicted molar refractivity (Wildman–Crippen MR) is 48.0 cm³/mol. The van der Waals surface area contributed by atoms with Crippen LogP contribution in [-0.4, -0.2) is 29.6 Å². The number of carbonyl (C=O) groups excluding carboxylic acids is 1. The number of primary amides is 1. The number of hydrogen-bond acceptors (Lipinski definition) is 4. The molecule has 0 aliphatic rings. The summed E-state index contributed by atoms with van der Waals surface area (Å²) in [5.74, 6) is -0.269. The summed E-state index contributed by atoms with van der Waals surface area (Å²) in [6.45, 7) is -0.250. The lowest BCUT2D eigenvalue weighted by Gasteiger charge is -2.01. The smallest absolute Gasteiger partial charge is 0.290 e. The zero-order chi connectivity index (χ0) is 11.0. The van der Waals surface area contributed by atoms with E-state index in [1.54, 1.807) is 12.1 Å². The van der Waals surface area contributed by atoms with E-state index in [0.29, 0.717) is 5.56 Å². The SMILES string of the molecule is COc1ncccc1C(N)=O.O=CO. The Morgan fingerprint density at radius 3 is 2.64 bits per heavy atom. The molecule has 6 heteroatoms. The maximum absolute atomic E-state index is 10.7. The summed E-state index contributed by atoms with van der Waals surface area (Å²) in [6.07, 6.45) is 1.53. The molecule has 1 rings (SSSR count). The Bertz CT molecular complexity index is 314. The van der Waals surface area contributed by atoms with Gasteiger partial charge in [-0.2, -0.15) is 0 Å². The minimum atomic E-state index is -0.532. The first kappa shape index (κ1) is 11.9. The van der Waals surface area contributed by atoms with Gasteiger partial charge in [0.2, 0.25) is 5.88 Å². The van der Waals surface area contributed by atoms with Gasteiger partial charge in [-0.25, -0.2) is 4.98 Å². The molecule has 0 aliphatic heterocycles. The highest BCUT2D eigenvalue weighted by Gasteiger charge is 2.07. The number of aromatic nitrogens is 1. The average Bonchev–Trinajstić information content (AvgIpc) is 2.19. The van der Waals surface area contributed by atoms with Crippen molar-refractivity contribution < 1.29 is 19.4 Å². The van der Waals surface area contributed by atoms with Crippen LogP contribution in [0.25, 0.3) is 0 Å². The fraction of sp³-hybridized carbons (Fsp3) is 0.125. The van der Waals surface area contributed by atoms with Crippen LogP contribution in [0.15, 0.2) is 18.3 Å². The quantitative estimate of drug-likeness (QED) is 0.645. The second-order valence-corrected chi connectivity index (χ2v) is 2.03. The van der Waals surface area contributed by atoms with E-state index in [1.165, 1.54) is 13.3 Å². The number of carbonyl (C=O) groups is 2. The minimum absolute atomic E-state index is 0.250. The molecule has 1 aromatic rings. The fourth-order valence-electron chi connectivity index (χ4n) is 0.741. The van der Waals surface area contributed by atoms with E-state index in [9.17, 15) is 4.79 Å².